The molecule has 2 nitrogen and oxygen atoms in total. The Morgan fingerprint density at radius 1 is 0.778 bits per heavy atom. The zero-order valence-corrected chi connectivity index (χ0v) is 22.1. The molecular formula is C30H44F4O2. The molecule has 3 saturated carbocycles. The highest BCUT2D eigenvalue weighted by atomic mass is 19.3. The molecule has 0 saturated heterocycles. The zero-order valence-electron chi connectivity index (χ0n) is 22.1. The lowest BCUT2D eigenvalue weighted by atomic mass is 9.69. The second kappa shape index (κ2) is 12.5. The Morgan fingerprint density at radius 2 is 1.39 bits per heavy atom. The van der Waals surface area contributed by atoms with E-state index >= 15 is 0 Å². The Bertz CT molecular complexity index is 820. The van der Waals surface area contributed by atoms with Gasteiger partial charge in [0.2, 0.25) is 5.82 Å². The third-order valence-electron chi connectivity index (χ3n) is 9.32. The van der Waals surface area contributed by atoms with E-state index in [-0.39, 0.29) is 17.8 Å². The summed E-state index contributed by atoms with van der Waals surface area (Å²) in [5.41, 5.74) is 0.456. The van der Waals surface area contributed by atoms with E-state index in [1.54, 1.807) is 13.0 Å². The van der Waals surface area contributed by atoms with Gasteiger partial charge < -0.3 is 9.47 Å². The SMILES string of the molecule is CCCC1CCC(C(F)(F)OC2CCC(C3CCC(c4ccc(OCC)c(F)c4F)CC3)CC2)CC1. The summed E-state index contributed by atoms with van der Waals surface area (Å²) in [5.74, 6) is -0.636. The maximum Gasteiger partial charge on any atom is 0.358 e. The first-order valence-electron chi connectivity index (χ1n) is 14.5. The molecule has 3 aliphatic rings. The molecule has 36 heavy (non-hydrogen) atoms. The highest BCUT2D eigenvalue weighted by molar-refractivity contribution is 5.33. The number of benzene rings is 1. The van der Waals surface area contributed by atoms with Crippen LogP contribution in [0.4, 0.5) is 17.6 Å². The number of alkyl halides is 2. The first kappa shape index (κ1) is 27.7. The normalized spacial score (nSPS) is 31.8. The fourth-order valence-electron chi connectivity index (χ4n) is 7.22. The maximum atomic E-state index is 14.9. The van der Waals surface area contributed by atoms with Crippen molar-refractivity contribution in [2.45, 2.75) is 122 Å². The number of hydrogen-bond donors (Lipinski definition) is 0. The summed E-state index contributed by atoms with van der Waals surface area (Å²) in [6.45, 7) is 4.21. The topological polar surface area (TPSA) is 18.5 Å². The monoisotopic (exact) mass is 512 g/mol. The van der Waals surface area contributed by atoms with Crippen molar-refractivity contribution >= 4 is 0 Å². The molecule has 204 valence electrons. The summed E-state index contributed by atoms with van der Waals surface area (Å²) in [5, 5.41) is 0. The number of ether oxygens (including phenoxy) is 2. The van der Waals surface area contributed by atoms with Crippen LogP contribution in [0.1, 0.15) is 115 Å². The van der Waals surface area contributed by atoms with Crippen molar-refractivity contribution in [1.82, 2.24) is 0 Å². The van der Waals surface area contributed by atoms with E-state index in [1.807, 2.05) is 0 Å². The van der Waals surface area contributed by atoms with Crippen molar-refractivity contribution in [3.05, 3.63) is 29.3 Å². The fourth-order valence-corrected chi connectivity index (χ4v) is 7.22. The number of rotatable bonds is 9. The summed E-state index contributed by atoms with van der Waals surface area (Å²) in [6.07, 6.45) is 8.76. The van der Waals surface area contributed by atoms with Crippen LogP contribution in [0.15, 0.2) is 12.1 Å². The van der Waals surface area contributed by atoms with Crippen molar-refractivity contribution in [2.75, 3.05) is 6.61 Å². The third-order valence-corrected chi connectivity index (χ3v) is 9.32. The summed E-state index contributed by atoms with van der Waals surface area (Å²) in [6, 6.07) is 3.21. The van der Waals surface area contributed by atoms with Crippen LogP contribution in [-0.2, 0) is 4.74 Å². The molecule has 0 atom stereocenters. The zero-order chi connectivity index (χ0) is 25.7. The van der Waals surface area contributed by atoms with Gasteiger partial charge in [-0.25, -0.2) is 4.39 Å². The molecule has 0 aliphatic heterocycles. The lowest BCUT2D eigenvalue weighted by Gasteiger charge is -2.40. The molecule has 0 heterocycles. The van der Waals surface area contributed by atoms with Gasteiger partial charge in [0.15, 0.2) is 11.6 Å². The minimum atomic E-state index is -3.01. The predicted octanol–water partition coefficient (Wildman–Crippen LogP) is 9.41. The highest BCUT2D eigenvalue weighted by Gasteiger charge is 2.45. The van der Waals surface area contributed by atoms with Crippen LogP contribution in [-0.4, -0.2) is 18.8 Å². The Morgan fingerprint density at radius 3 is 1.97 bits per heavy atom. The van der Waals surface area contributed by atoms with E-state index in [9.17, 15) is 17.6 Å². The van der Waals surface area contributed by atoms with E-state index in [0.29, 0.717) is 55.6 Å². The van der Waals surface area contributed by atoms with Crippen molar-refractivity contribution in [3.63, 3.8) is 0 Å². The average molecular weight is 513 g/mol. The Balaban J connectivity index is 1.22. The number of halogens is 4. The maximum absolute atomic E-state index is 14.9. The van der Waals surface area contributed by atoms with Crippen molar-refractivity contribution < 1.29 is 27.0 Å². The largest absolute Gasteiger partial charge is 0.491 e. The summed E-state index contributed by atoms with van der Waals surface area (Å²) in [4.78, 5) is 0. The van der Waals surface area contributed by atoms with Gasteiger partial charge in [0.05, 0.1) is 18.6 Å². The van der Waals surface area contributed by atoms with Gasteiger partial charge in [0.25, 0.3) is 0 Å². The van der Waals surface area contributed by atoms with Crippen LogP contribution in [0, 0.1) is 35.3 Å². The van der Waals surface area contributed by atoms with Crippen molar-refractivity contribution in [3.8, 4) is 5.75 Å². The van der Waals surface area contributed by atoms with E-state index in [0.717, 1.165) is 64.2 Å². The molecule has 3 aliphatic carbocycles. The second-order valence-electron chi connectivity index (χ2n) is 11.5. The molecule has 0 amide bonds. The van der Waals surface area contributed by atoms with Crippen molar-refractivity contribution in [2.24, 2.45) is 23.7 Å². The summed E-state index contributed by atoms with van der Waals surface area (Å²) in [7, 11) is 0. The van der Waals surface area contributed by atoms with Gasteiger partial charge in [-0.3, -0.25) is 0 Å². The molecule has 0 bridgehead atoms. The first-order valence-corrected chi connectivity index (χ1v) is 14.5. The van der Waals surface area contributed by atoms with Gasteiger partial charge in [-0.2, -0.15) is 13.2 Å². The highest BCUT2D eigenvalue weighted by Crippen LogP contribution is 2.46. The quantitative estimate of drug-likeness (QED) is 0.307. The molecule has 0 unspecified atom stereocenters. The minimum absolute atomic E-state index is 0.0252. The number of hydrogen-bond acceptors (Lipinski definition) is 2. The van der Waals surface area contributed by atoms with Gasteiger partial charge in [0.1, 0.15) is 0 Å². The Kier molecular flexibility index (Phi) is 9.62. The van der Waals surface area contributed by atoms with Crippen LogP contribution in [0.5, 0.6) is 5.75 Å². The smallest absolute Gasteiger partial charge is 0.358 e. The van der Waals surface area contributed by atoms with Crippen LogP contribution < -0.4 is 4.74 Å². The predicted molar refractivity (Wildman–Crippen MR) is 134 cm³/mol. The van der Waals surface area contributed by atoms with E-state index in [2.05, 4.69) is 6.92 Å². The molecule has 0 N–H and O–H groups in total. The summed E-state index contributed by atoms with van der Waals surface area (Å²) < 4.78 is 69.4. The molecule has 1 aromatic carbocycles. The Labute approximate surface area is 214 Å². The van der Waals surface area contributed by atoms with E-state index in [4.69, 9.17) is 9.47 Å². The van der Waals surface area contributed by atoms with Crippen LogP contribution in [0.25, 0.3) is 0 Å². The molecule has 4 rings (SSSR count). The van der Waals surface area contributed by atoms with Gasteiger partial charge in [0, 0.05) is 0 Å². The fraction of sp³-hybridized carbons (Fsp3) is 0.800. The lowest BCUT2D eigenvalue weighted by molar-refractivity contribution is -0.302. The van der Waals surface area contributed by atoms with E-state index < -0.39 is 23.7 Å². The minimum Gasteiger partial charge on any atom is -0.491 e. The molecule has 0 spiro atoms. The summed E-state index contributed by atoms with van der Waals surface area (Å²) >= 11 is 0. The molecular weight excluding hydrogens is 468 g/mol. The van der Waals surface area contributed by atoms with Gasteiger partial charge >= 0.3 is 6.11 Å². The Hall–Kier alpha value is -1.30. The van der Waals surface area contributed by atoms with E-state index in [1.165, 1.54) is 6.07 Å². The van der Waals surface area contributed by atoms with Gasteiger partial charge in [-0.1, -0.05) is 25.8 Å². The molecule has 3 fully saturated rings. The van der Waals surface area contributed by atoms with Crippen LogP contribution in [0.2, 0.25) is 0 Å². The van der Waals surface area contributed by atoms with Crippen LogP contribution in [0.3, 0.4) is 0 Å². The lowest BCUT2D eigenvalue weighted by Crippen LogP contribution is -2.39. The van der Waals surface area contributed by atoms with Gasteiger partial charge in [-0.15, -0.1) is 0 Å². The van der Waals surface area contributed by atoms with Crippen LogP contribution >= 0.6 is 0 Å². The molecule has 0 radical (unpaired) electrons. The first-order chi connectivity index (χ1) is 17.3. The average Bonchev–Trinajstić information content (AvgIpc) is 2.88. The second-order valence-corrected chi connectivity index (χ2v) is 11.5. The van der Waals surface area contributed by atoms with Crippen molar-refractivity contribution in [1.29, 1.82) is 0 Å². The molecule has 6 heteroatoms. The third kappa shape index (κ3) is 6.57. The standard InChI is InChI=1S/C30H44F4O2/c1-3-5-20-6-14-24(15-7-20)30(33,34)36-25-16-12-22(13-17-25)21-8-10-23(11-9-21)26-18-19-27(35-4-2)29(32)28(26)31/h18-25H,3-17H2,1-2H3. The van der Waals surface area contributed by atoms with Gasteiger partial charge in [-0.05, 0) is 119 Å². The molecule has 1 aromatic rings. The molecule has 0 aromatic heterocycles.